The zero-order chi connectivity index (χ0) is 20.9. The van der Waals surface area contributed by atoms with Gasteiger partial charge in [0.05, 0.1) is 12.5 Å². The Labute approximate surface area is 181 Å². The van der Waals surface area contributed by atoms with E-state index in [2.05, 4.69) is 51.4 Å². The topological polar surface area (TPSA) is 71.3 Å². The fourth-order valence-corrected chi connectivity index (χ4v) is 4.49. The van der Waals surface area contributed by atoms with Crippen LogP contribution in [0, 0.1) is 19.8 Å². The number of furan rings is 1. The van der Waals surface area contributed by atoms with Crippen LogP contribution in [0.3, 0.4) is 0 Å². The lowest BCUT2D eigenvalue weighted by Crippen LogP contribution is -2.43. The van der Waals surface area contributed by atoms with Gasteiger partial charge < -0.3 is 14.6 Å². The smallest absolute Gasteiger partial charge is 0.225 e. The first-order valence-electron chi connectivity index (χ1n) is 10.2. The number of amides is 1. The molecule has 1 aromatic carbocycles. The minimum Gasteiger partial charge on any atom is -0.465 e. The van der Waals surface area contributed by atoms with Gasteiger partial charge >= 0.3 is 0 Å². The Bertz CT molecular complexity index is 1000. The van der Waals surface area contributed by atoms with Crippen molar-refractivity contribution in [3.63, 3.8) is 0 Å². The quantitative estimate of drug-likeness (QED) is 0.636. The summed E-state index contributed by atoms with van der Waals surface area (Å²) in [6.07, 6.45) is 5.26. The highest BCUT2D eigenvalue weighted by molar-refractivity contribution is 7.99. The zero-order valence-corrected chi connectivity index (χ0v) is 18.1. The van der Waals surface area contributed by atoms with Crippen LogP contribution in [0.25, 0.3) is 0 Å². The second-order valence-corrected chi connectivity index (χ2v) is 8.68. The van der Waals surface area contributed by atoms with Crippen molar-refractivity contribution >= 4 is 23.5 Å². The summed E-state index contributed by atoms with van der Waals surface area (Å²) in [5.74, 6) is 2.46. The molecule has 1 aliphatic rings. The number of hydrogen-bond acceptors (Lipinski definition) is 6. The Balaban J connectivity index is 1.42. The lowest BCUT2D eigenvalue weighted by molar-refractivity contribution is -0.125. The standard InChI is InChI=1S/C23H26N4O2S/c1-16-5-9-20(10-6-16)30-23-21(24-11-12-25-23)27-13-3-4-18(15-27)22(28)26-14-19-8-7-17(2)29-19/h5-12,18H,3-4,13-15H2,1-2H3,(H,26,28)/t18-/m1/s1. The number of anilines is 1. The molecule has 3 aromatic rings. The molecule has 0 radical (unpaired) electrons. The molecule has 0 saturated carbocycles. The van der Waals surface area contributed by atoms with E-state index in [-0.39, 0.29) is 11.8 Å². The molecule has 30 heavy (non-hydrogen) atoms. The summed E-state index contributed by atoms with van der Waals surface area (Å²) < 4.78 is 5.55. The van der Waals surface area contributed by atoms with E-state index in [1.165, 1.54) is 5.56 Å². The van der Waals surface area contributed by atoms with E-state index in [4.69, 9.17) is 4.42 Å². The molecule has 1 N–H and O–H groups in total. The van der Waals surface area contributed by atoms with Gasteiger partial charge in [-0.3, -0.25) is 4.79 Å². The Morgan fingerprint density at radius 3 is 2.73 bits per heavy atom. The molecule has 4 rings (SSSR count). The molecule has 0 unspecified atom stereocenters. The van der Waals surface area contributed by atoms with Crippen LogP contribution in [-0.4, -0.2) is 29.0 Å². The van der Waals surface area contributed by atoms with Crippen molar-refractivity contribution in [2.24, 2.45) is 5.92 Å². The van der Waals surface area contributed by atoms with Gasteiger partial charge in [-0.1, -0.05) is 29.5 Å². The summed E-state index contributed by atoms with van der Waals surface area (Å²) in [4.78, 5) is 25.2. The summed E-state index contributed by atoms with van der Waals surface area (Å²) in [6, 6.07) is 12.2. The van der Waals surface area contributed by atoms with Gasteiger partial charge in [0, 0.05) is 30.4 Å². The van der Waals surface area contributed by atoms with Gasteiger partial charge in [0.15, 0.2) is 5.82 Å². The molecule has 7 heteroatoms. The highest BCUT2D eigenvalue weighted by Crippen LogP contribution is 2.34. The minimum absolute atomic E-state index is 0.0605. The van der Waals surface area contributed by atoms with Crippen molar-refractivity contribution in [3.05, 3.63) is 65.9 Å². The molecule has 2 aromatic heterocycles. The number of carbonyl (C=O) groups is 1. The third-order valence-corrected chi connectivity index (χ3v) is 6.20. The normalized spacial score (nSPS) is 16.5. The maximum absolute atomic E-state index is 12.7. The summed E-state index contributed by atoms with van der Waals surface area (Å²) in [5, 5.41) is 3.88. The number of aryl methyl sites for hydroxylation is 2. The Morgan fingerprint density at radius 1 is 1.17 bits per heavy atom. The molecule has 1 atom stereocenters. The van der Waals surface area contributed by atoms with E-state index in [9.17, 15) is 4.79 Å². The zero-order valence-electron chi connectivity index (χ0n) is 17.3. The predicted molar refractivity (Wildman–Crippen MR) is 118 cm³/mol. The second kappa shape index (κ2) is 9.34. The molecule has 6 nitrogen and oxygen atoms in total. The molecular weight excluding hydrogens is 396 g/mol. The van der Waals surface area contributed by atoms with Gasteiger partial charge in [0.1, 0.15) is 16.5 Å². The van der Waals surface area contributed by atoms with E-state index >= 15 is 0 Å². The van der Waals surface area contributed by atoms with Crippen LogP contribution in [0.15, 0.2) is 63.1 Å². The van der Waals surface area contributed by atoms with Gasteiger partial charge in [0.25, 0.3) is 0 Å². The fourth-order valence-electron chi connectivity index (χ4n) is 3.61. The van der Waals surface area contributed by atoms with E-state index in [0.29, 0.717) is 13.1 Å². The fraction of sp³-hybridized carbons (Fsp3) is 0.348. The third-order valence-electron chi connectivity index (χ3n) is 5.21. The van der Waals surface area contributed by atoms with Crippen LogP contribution in [0.4, 0.5) is 5.82 Å². The van der Waals surface area contributed by atoms with Crippen molar-refractivity contribution in [1.29, 1.82) is 0 Å². The van der Waals surface area contributed by atoms with Crippen molar-refractivity contribution < 1.29 is 9.21 Å². The Hall–Kier alpha value is -2.80. The molecule has 0 bridgehead atoms. The first-order chi connectivity index (χ1) is 14.6. The van der Waals surface area contributed by atoms with Gasteiger partial charge in [-0.25, -0.2) is 9.97 Å². The summed E-state index contributed by atoms with van der Waals surface area (Å²) in [5.41, 5.74) is 1.23. The molecule has 1 amide bonds. The number of carbonyl (C=O) groups excluding carboxylic acids is 1. The summed E-state index contributed by atoms with van der Waals surface area (Å²) >= 11 is 1.61. The van der Waals surface area contributed by atoms with E-state index in [0.717, 1.165) is 46.6 Å². The number of nitrogens with zero attached hydrogens (tertiary/aromatic N) is 3. The highest BCUT2D eigenvalue weighted by atomic mass is 32.2. The predicted octanol–water partition coefficient (Wildman–Crippen LogP) is 4.37. The average molecular weight is 423 g/mol. The minimum atomic E-state index is -0.0750. The summed E-state index contributed by atoms with van der Waals surface area (Å²) in [6.45, 7) is 5.92. The maximum atomic E-state index is 12.7. The van der Waals surface area contributed by atoms with Crippen LogP contribution in [0.5, 0.6) is 0 Å². The van der Waals surface area contributed by atoms with E-state index in [1.807, 2.05) is 19.1 Å². The van der Waals surface area contributed by atoms with Gasteiger partial charge in [-0.2, -0.15) is 0 Å². The number of nitrogens with one attached hydrogen (secondary N) is 1. The molecule has 1 fully saturated rings. The second-order valence-electron chi connectivity index (χ2n) is 7.62. The Kier molecular flexibility index (Phi) is 6.38. The van der Waals surface area contributed by atoms with Crippen molar-refractivity contribution in [2.45, 2.75) is 43.2 Å². The average Bonchev–Trinajstić information content (AvgIpc) is 3.19. The van der Waals surface area contributed by atoms with Crippen molar-refractivity contribution in [3.8, 4) is 0 Å². The van der Waals surface area contributed by atoms with E-state index < -0.39 is 0 Å². The number of piperidine rings is 1. The number of aromatic nitrogens is 2. The van der Waals surface area contributed by atoms with Gasteiger partial charge in [-0.05, 0) is 51.0 Å². The van der Waals surface area contributed by atoms with Crippen LogP contribution in [0.2, 0.25) is 0 Å². The van der Waals surface area contributed by atoms with Crippen LogP contribution in [-0.2, 0) is 11.3 Å². The first-order valence-corrected chi connectivity index (χ1v) is 11.0. The monoisotopic (exact) mass is 422 g/mol. The maximum Gasteiger partial charge on any atom is 0.225 e. The molecule has 1 saturated heterocycles. The number of benzene rings is 1. The van der Waals surface area contributed by atoms with Crippen LogP contribution < -0.4 is 10.2 Å². The van der Waals surface area contributed by atoms with Crippen LogP contribution in [0.1, 0.15) is 29.9 Å². The van der Waals surface area contributed by atoms with Gasteiger partial charge in [-0.15, -0.1) is 0 Å². The lowest BCUT2D eigenvalue weighted by Gasteiger charge is -2.33. The largest absolute Gasteiger partial charge is 0.465 e. The van der Waals surface area contributed by atoms with Crippen LogP contribution >= 0.6 is 11.8 Å². The molecule has 3 heterocycles. The first kappa shape index (κ1) is 20.5. The molecule has 156 valence electrons. The molecular formula is C23H26N4O2S. The molecule has 1 aliphatic heterocycles. The SMILES string of the molecule is Cc1ccc(Sc2nccnc2N2CCC[C@@H](C(=O)NCc3ccc(C)o3)C2)cc1. The Morgan fingerprint density at radius 2 is 1.97 bits per heavy atom. The van der Waals surface area contributed by atoms with Gasteiger partial charge in [0.2, 0.25) is 5.91 Å². The van der Waals surface area contributed by atoms with E-state index in [1.54, 1.807) is 24.2 Å². The molecule has 0 aliphatic carbocycles. The lowest BCUT2D eigenvalue weighted by atomic mass is 9.97. The highest BCUT2D eigenvalue weighted by Gasteiger charge is 2.28. The number of hydrogen-bond donors (Lipinski definition) is 1. The van der Waals surface area contributed by atoms with Crippen molar-refractivity contribution in [2.75, 3.05) is 18.0 Å². The third kappa shape index (κ3) is 5.02. The number of rotatable bonds is 6. The molecule has 0 spiro atoms. The van der Waals surface area contributed by atoms with Crippen molar-refractivity contribution in [1.82, 2.24) is 15.3 Å². The summed E-state index contributed by atoms with van der Waals surface area (Å²) in [7, 11) is 0.